The number of nitrogens with one attached hydrogen (secondary N) is 1. The van der Waals surface area contributed by atoms with Gasteiger partial charge >= 0.3 is 0 Å². The Hall–Kier alpha value is -3.85. The van der Waals surface area contributed by atoms with Crippen LogP contribution in [0.1, 0.15) is 5.56 Å². The number of para-hydroxylation sites is 2. The highest BCUT2D eigenvalue weighted by Crippen LogP contribution is 2.25. The molecular formula is C22H18N6O2S. The number of fused-ring (bicyclic) bond motifs is 1. The molecule has 0 fully saturated rings. The van der Waals surface area contributed by atoms with Gasteiger partial charge in [-0.05, 0) is 29.8 Å². The van der Waals surface area contributed by atoms with Gasteiger partial charge in [0.2, 0.25) is 11.7 Å². The second-order valence-electron chi connectivity index (χ2n) is 6.78. The number of nitrogens with zero attached hydrogens (tertiary/aromatic N) is 5. The van der Waals surface area contributed by atoms with E-state index in [2.05, 4.69) is 20.6 Å². The molecule has 0 saturated heterocycles. The van der Waals surface area contributed by atoms with E-state index in [1.807, 2.05) is 71.3 Å². The van der Waals surface area contributed by atoms with Crippen LogP contribution in [0.5, 0.6) is 0 Å². The average molecular weight is 430 g/mol. The Balaban J connectivity index is 1.34. The highest BCUT2D eigenvalue weighted by atomic mass is 32.2. The summed E-state index contributed by atoms with van der Waals surface area (Å²) in [5.41, 5.74) is 5.62. The number of hydrogen-bond donors (Lipinski definition) is 1. The van der Waals surface area contributed by atoms with Gasteiger partial charge in [-0.25, -0.2) is 9.66 Å². The van der Waals surface area contributed by atoms with Gasteiger partial charge in [0.05, 0.1) is 29.6 Å². The minimum Gasteiger partial charge on any atom is -0.461 e. The van der Waals surface area contributed by atoms with Crippen molar-refractivity contribution in [1.29, 1.82) is 0 Å². The van der Waals surface area contributed by atoms with E-state index in [-0.39, 0.29) is 11.7 Å². The minimum atomic E-state index is -0.165. The molecule has 3 aromatic heterocycles. The summed E-state index contributed by atoms with van der Waals surface area (Å²) in [6.45, 7) is 0.569. The largest absolute Gasteiger partial charge is 0.461 e. The van der Waals surface area contributed by atoms with Crippen LogP contribution in [0, 0.1) is 0 Å². The predicted octanol–water partition coefficient (Wildman–Crippen LogP) is 3.80. The lowest BCUT2D eigenvalue weighted by Crippen LogP contribution is -2.23. The topological polar surface area (TPSA) is 90.8 Å². The Bertz CT molecular complexity index is 1310. The number of imidazole rings is 1. The first-order valence-electron chi connectivity index (χ1n) is 9.64. The molecule has 0 atom stereocenters. The number of carbonyl (C=O) groups excluding carboxylic acids is 1. The molecule has 0 saturated carbocycles. The molecular weight excluding hydrogens is 412 g/mol. The minimum absolute atomic E-state index is 0.165. The zero-order chi connectivity index (χ0) is 21.0. The number of amides is 1. The molecule has 8 nitrogen and oxygen atoms in total. The second-order valence-corrected chi connectivity index (χ2v) is 7.72. The van der Waals surface area contributed by atoms with Crippen LogP contribution < -0.4 is 5.43 Å². The maximum atomic E-state index is 12.6. The monoisotopic (exact) mass is 430 g/mol. The van der Waals surface area contributed by atoms with Gasteiger partial charge < -0.3 is 4.42 Å². The van der Waals surface area contributed by atoms with Crippen molar-refractivity contribution in [3.8, 4) is 11.6 Å². The molecule has 0 unspecified atom stereocenters. The van der Waals surface area contributed by atoms with Crippen molar-refractivity contribution in [2.45, 2.75) is 11.7 Å². The predicted molar refractivity (Wildman–Crippen MR) is 118 cm³/mol. The van der Waals surface area contributed by atoms with E-state index in [0.29, 0.717) is 23.3 Å². The Labute approximate surface area is 181 Å². The van der Waals surface area contributed by atoms with Crippen molar-refractivity contribution in [2.75, 3.05) is 11.2 Å². The SMILES string of the molecule is O=C(CSc1nnc(-c2ccco2)n1Cc1ccccc1)Nn1cnc2ccccc21. The van der Waals surface area contributed by atoms with Gasteiger partial charge in [-0.15, -0.1) is 10.2 Å². The molecule has 0 bridgehead atoms. The fourth-order valence-corrected chi connectivity index (χ4v) is 3.97. The normalized spacial score (nSPS) is 11.1. The van der Waals surface area contributed by atoms with Crippen LogP contribution in [0.15, 0.2) is 88.9 Å². The molecule has 0 aliphatic heterocycles. The van der Waals surface area contributed by atoms with Crippen LogP contribution in [-0.4, -0.2) is 36.1 Å². The van der Waals surface area contributed by atoms with Crippen molar-refractivity contribution < 1.29 is 9.21 Å². The van der Waals surface area contributed by atoms with Crippen LogP contribution in [0.4, 0.5) is 0 Å². The average Bonchev–Trinajstić information content (AvgIpc) is 3.54. The van der Waals surface area contributed by atoms with Crippen LogP contribution in [-0.2, 0) is 11.3 Å². The number of furan rings is 1. The summed E-state index contributed by atoms with van der Waals surface area (Å²) >= 11 is 1.32. The number of hydrogen-bond acceptors (Lipinski definition) is 6. The maximum absolute atomic E-state index is 12.6. The Morgan fingerprint density at radius 3 is 2.68 bits per heavy atom. The molecule has 0 aliphatic carbocycles. The van der Waals surface area contributed by atoms with Crippen molar-refractivity contribution in [2.24, 2.45) is 0 Å². The molecule has 154 valence electrons. The van der Waals surface area contributed by atoms with E-state index in [1.54, 1.807) is 17.3 Å². The fraction of sp³-hybridized carbons (Fsp3) is 0.0909. The van der Waals surface area contributed by atoms with E-state index in [1.165, 1.54) is 11.8 Å². The molecule has 0 radical (unpaired) electrons. The molecule has 1 N–H and O–H groups in total. The van der Waals surface area contributed by atoms with Crippen LogP contribution >= 0.6 is 11.8 Å². The van der Waals surface area contributed by atoms with E-state index in [4.69, 9.17) is 4.42 Å². The van der Waals surface area contributed by atoms with Crippen LogP contribution in [0.25, 0.3) is 22.6 Å². The number of rotatable bonds is 7. The maximum Gasteiger partial charge on any atom is 0.249 e. The van der Waals surface area contributed by atoms with Crippen LogP contribution in [0.2, 0.25) is 0 Å². The van der Waals surface area contributed by atoms with Gasteiger partial charge in [-0.2, -0.15) is 0 Å². The number of carbonyl (C=O) groups is 1. The smallest absolute Gasteiger partial charge is 0.249 e. The van der Waals surface area contributed by atoms with Crippen LogP contribution in [0.3, 0.4) is 0 Å². The zero-order valence-corrected chi connectivity index (χ0v) is 17.2. The van der Waals surface area contributed by atoms with Gasteiger partial charge in [0.15, 0.2) is 10.9 Å². The molecule has 1 amide bonds. The molecule has 5 aromatic rings. The van der Waals surface area contributed by atoms with Crippen molar-refractivity contribution >= 4 is 28.7 Å². The lowest BCUT2D eigenvalue weighted by atomic mass is 10.2. The third-order valence-corrected chi connectivity index (χ3v) is 5.64. The lowest BCUT2D eigenvalue weighted by Gasteiger charge is -2.10. The van der Waals surface area contributed by atoms with Gasteiger partial charge in [-0.1, -0.05) is 54.2 Å². The van der Waals surface area contributed by atoms with Gasteiger partial charge in [0.25, 0.3) is 0 Å². The van der Waals surface area contributed by atoms with Gasteiger partial charge in [0.1, 0.15) is 6.33 Å². The number of aromatic nitrogens is 5. The van der Waals surface area contributed by atoms with Gasteiger partial charge in [0, 0.05) is 0 Å². The molecule has 3 heterocycles. The summed E-state index contributed by atoms with van der Waals surface area (Å²) in [6.07, 6.45) is 3.20. The van der Waals surface area contributed by atoms with Crippen molar-refractivity contribution in [1.82, 2.24) is 24.4 Å². The first-order valence-corrected chi connectivity index (χ1v) is 10.6. The number of benzene rings is 2. The molecule has 31 heavy (non-hydrogen) atoms. The van der Waals surface area contributed by atoms with E-state index >= 15 is 0 Å². The first kappa shape index (κ1) is 19.1. The summed E-state index contributed by atoms with van der Waals surface area (Å²) < 4.78 is 9.11. The van der Waals surface area contributed by atoms with E-state index in [9.17, 15) is 4.79 Å². The quantitative estimate of drug-likeness (QED) is 0.395. The van der Waals surface area contributed by atoms with E-state index in [0.717, 1.165) is 16.6 Å². The highest BCUT2D eigenvalue weighted by Gasteiger charge is 2.18. The van der Waals surface area contributed by atoms with E-state index < -0.39 is 0 Å². The van der Waals surface area contributed by atoms with Crippen molar-refractivity contribution in [3.63, 3.8) is 0 Å². The Morgan fingerprint density at radius 2 is 1.84 bits per heavy atom. The summed E-state index contributed by atoms with van der Waals surface area (Å²) in [7, 11) is 0. The third kappa shape index (κ3) is 4.08. The zero-order valence-electron chi connectivity index (χ0n) is 16.4. The standard InChI is InChI=1S/C22H18N6O2S/c29-20(26-28-15-23-17-9-4-5-10-18(17)28)14-31-22-25-24-21(19-11-6-12-30-19)27(22)13-16-7-2-1-3-8-16/h1-12,15H,13-14H2,(H,26,29). The second kappa shape index (κ2) is 8.49. The third-order valence-electron chi connectivity index (χ3n) is 4.67. The number of thioether (sulfide) groups is 1. The summed E-state index contributed by atoms with van der Waals surface area (Å²) in [5, 5.41) is 9.24. The first-order chi connectivity index (χ1) is 15.3. The molecule has 5 rings (SSSR count). The molecule has 2 aromatic carbocycles. The fourth-order valence-electron chi connectivity index (χ4n) is 3.24. The summed E-state index contributed by atoms with van der Waals surface area (Å²) in [5.74, 6) is 1.27. The van der Waals surface area contributed by atoms with Gasteiger partial charge in [-0.3, -0.25) is 14.8 Å². The summed E-state index contributed by atoms with van der Waals surface area (Å²) in [6, 6.07) is 21.3. The molecule has 0 aliphatic rings. The lowest BCUT2D eigenvalue weighted by molar-refractivity contribution is -0.114. The molecule has 0 spiro atoms. The summed E-state index contributed by atoms with van der Waals surface area (Å²) in [4.78, 5) is 16.9. The molecule has 9 heteroatoms. The Kier molecular flexibility index (Phi) is 5.24. The van der Waals surface area contributed by atoms with Crippen molar-refractivity contribution in [3.05, 3.63) is 84.9 Å². The Morgan fingerprint density at radius 1 is 1.00 bits per heavy atom. The highest BCUT2D eigenvalue weighted by molar-refractivity contribution is 7.99.